The van der Waals surface area contributed by atoms with Crippen LogP contribution >= 0.6 is 0 Å². The smallest absolute Gasteiger partial charge is 0.321 e. The number of fused-ring (bicyclic) bond motifs is 1. The van der Waals surface area contributed by atoms with E-state index in [-0.39, 0.29) is 6.03 Å². The highest BCUT2D eigenvalue weighted by atomic mass is 16.2. The van der Waals surface area contributed by atoms with Gasteiger partial charge in [0.05, 0.1) is 0 Å². The van der Waals surface area contributed by atoms with Crippen molar-refractivity contribution in [3.63, 3.8) is 0 Å². The van der Waals surface area contributed by atoms with Crippen molar-refractivity contribution < 1.29 is 4.79 Å². The van der Waals surface area contributed by atoms with Crippen molar-refractivity contribution in [2.24, 2.45) is 0 Å². The number of nitrogens with zero attached hydrogens (tertiary/aromatic N) is 2. The first-order chi connectivity index (χ1) is 10.7. The number of likely N-dealkylation sites (N-methyl/N-ethyl adjacent to an activating group) is 1. The number of rotatable bonds is 6. The van der Waals surface area contributed by atoms with Crippen LogP contribution in [0, 0.1) is 0 Å². The van der Waals surface area contributed by atoms with Crippen LogP contribution in [0.4, 0.5) is 10.5 Å². The van der Waals surface area contributed by atoms with E-state index in [0.29, 0.717) is 6.54 Å². The first-order valence-electron chi connectivity index (χ1n) is 7.88. The largest absolute Gasteiger partial charge is 0.336 e. The number of anilines is 1. The second-order valence-electron chi connectivity index (χ2n) is 5.35. The van der Waals surface area contributed by atoms with Crippen LogP contribution < -0.4 is 10.2 Å². The van der Waals surface area contributed by atoms with E-state index in [1.807, 2.05) is 30.3 Å². The van der Waals surface area contributed by atoms with Gasteiger partial charge < -0.3 is 10.2 Å². The minimum atomic E-state index is -0.0672. The van der Waals surface area contributed by atoms with E-state index < -0.39 is 0 Å². The number of hydrogen-bond acceptors (Lipinski definition) is 2. The van der Waals surface area contributed by atoms with E-state index >= 15 is 0 Å². The Bertz CT molecular complexity index is 623. The Balaban J connectivity index is 1.96. The van der Waals surface area contributed by atoms with Crippen molar-refractivity contribution in [3.8, 4) is 0 Å². The fourth-order valence-electron chi connectivity index (χ4n) is 2.48. The van der Waals surface area contributed by atoms with Crippen LogP contribution in [-0.2, 0) is 0 Å². The summed E-state index contributed by atoms with van der Waals surface area (Å²) in [6.45, 7) is 7.82. The van der Waals surface area contributed by atoms with E-state index in [0.717, 1.165) is 30.7 Å². The van der Waals surface area contributed by atoms with Crippen LogP contribution in [0.2, 0.25) is 0 Å². The third-order valence-electron chi connectivity index (χ3n) is 4.02. The van der Waals surface area contributed by atoms with Gasteiger partial charge in [-0.2, -0.15) is 0 Å². The minimum Gasteiger partial charge on any atom is -0.336 e. The Morgan fingerprint density at radius 1 is 1.05 bits per heavy atom. The summed E-state index contributed by atoms with van der Waals surface area (Å²) >= 11 is 0. The molecule has 22 heavy (non-hydrogen) atoms. The van der Waals surface area contributed by atoms with Crippen LogP contribution in [0.25, 0.3) is 10.8 Å². The number of carbonyl (C=O) groups is 1. The molecule has 0 aromatic heterocycles. The number of nitrogens with one attached hydrogen (secondary N) is 1. The summed E-state index contributed by atoms with van der Waals surface area (Å²) in [4.78, 5) is 16.2. The summed E-state index contributed by atoms with van der Waals surface area (Å²) in [6, 6.07) is 14.2. The Kier molecular flexibility index (Phi) is 5.78. The molecule has 0 spiro atoms. The molecule has 0 saturated carbocycles. The maximum Gasteiger partial charge on any atom is 0.321 e. The summed E-state index contributed by atoms with van der Waals surface area (Å²) < 4.78 is 0. The van der Waals surface area contributed by atoms with E-state index in [1.165, 1.54) is 5.39 Å². The highest BCUT2D eigenvalue weighted by Gasteiger charge is 2.11. The quantitative estimate of drug-likeness (QED) is 0.888. The molecule has 0 aliphatic carbocycles. The van der Waals surface area contributed by atoms with Gasteiger partial charge in [-0.3, -0.25) is 4.90 Å². The maximum absolute atomic E-state index is 12.2. The fourth-order valence-corrected chi connectivity index (χ4v) is 2.48. The first-order valence-corrected chi connectivity index (χ1v) is 7.88. The van der Waals surface area contributed by atoms with Gasteiger partial charge in [-0.1, -0.05) is 44.2 Å². The molecular formula is C18H25N3O. The molecule has 118 valence electrons. The lowest BCUT2D eigenvalue weighted by molar-refractivity contribution is 0.243. The summed E-state index contributed by atoms with van der Waals surface area (Å²) in [5.74, 6) is 0. The molecule has 0 unspecified atom stereocenters. The molecule has 2 aromatic carbocycles. The van der Waals surface area contributed by atoms with Crippen LogP contribution in [0.15, 0.2) is 42.5 Å². The first kappa shape index (κ1) is 16.3. The maximum atomic E-state index is 12.2. The molecule has 0 heterocycles. The number of urea groups is 1. The lowest BCUT2D eigenvalue weighted by atomic mass is 10.1. The molecule has 0 radical (unpaired) electrons. The second kappa shape index (κ2) is 7.80. The summed E-state index contributed by atoms with van der Waals surface area (Å²) in [5.41, 5.74) is 0.902. The van der Waals surface area contributed by atoms with E-state index in [9.17, 15) is 4.79 Å². The number of benzene rings is 2. The highest BCUT2D eigenvalue weighted by Crippen LogP contribution is 2.21. The van der Waals surface area contributed by atoms with E-state index in [2.05, 4.69) is 36.2 Å². The summed E-state index contributed by atoms with van der Waals surface area (Å²) in [7, 11) is 1.80. The van der Waals surface area contributed by atoms with Gasteiger partial charge in [-0.15, -0.1) is 0 Å². The average molecular weight is 299 g/mol. The van der Waals surface area contributed by atoms with Gasteiger partial charge >= 0.3 is 6.03 Å². The number of hydrogen-bond donors (Lipinski definition) is 1. The molecule has 0 aliphatic heterocycles. The third-order valence-corrected chi connectivity index (χ3v) is 4.02. The molecule has 1 N–H and O–H groups in total. The minimum absolute atomic E-state index is 0.0672. The van der Waals surface area contributed by atoms with Crippen molar-refractivity contribution in [1.29, 1.82) is 0 Å². The Hall–Kier alpha value is -2.07. The van der Waals surface area contributed by atoms with Gasteiger partial charge in [-0.25, -0.2) is 4.79 Å². The van der Waals surface area contributed by atoms with Crippen molar-refractivity contribution in [2.45, 2.75) is 13.8 Å². The number of amides is 2. The SMILES string of the molecule is CCN(CC)CCNC(=O)N(C)c1ccc2ccccc2c1. The second-order valence-corrected chi connectivity index (χ2v) is 5.35. The zero-order valence-electron chi connectivity index (χ0n) is 13.7. The Morgan fingerprint density at radius 3 is 2.41 bits per heavy atom. The molecule has 0 aliphatic rings. The third kappa shape index (κ3) is 3.98. The van der Waals surface area contributed by atoms with Gasteiger partial charge in [0.1, 0.15) is 0 Å². The van der Waals surface area contributed by atoms with Crippen LogP contribution in [0.5, 0.6) is 0 Å². The van der Waals surface area contributed by atoms with Gasteiger partial charge in [0.2, 0.25) is 0 Å². The van der Waals surface area contributed by atoms with Crippen LogP contribution in [-0.4, -0.2) is 44.2 Å². The van der Waals surface area contributed by atoms with Gasteiger partial charge in [-0.05, 0) is 36.0 Å². The topological polar surface area (TPSA) is 35.6 Å². The van der Waals surface area contributed by atoms with E-state index in [4.69, 9.17) is 0 Å². The average Bonchev–Trinajstić information content (AvgIpc) is 2.57. The lowest BCUT2D eigenvalue weighted by Gasteiger charge is -2.21. The molecule has 0 bridgehead atoms. The fraction of sp³-hybridized carbons (Fsp3) is 0.389. The van der Waals surface area contributed by atoms with Gasteiger partial charge in [0, 0.05) is 25.8 Å². The van der Waals surface area contributed by atoms with Crippen molar-refractivity contribution in [2.75, 3.05) is 38.1 Å². The Labute approximate surface area is 132 Å². The zero-order valence-corrected chi connectivity index (χ0v) is 13.7. The molecule has 4 nitrogen and oxygen atoms in total. The molecule has 2 rings (SSSR count). The van der Waals surface area contributed by atoms with Crippen molar-refractivity contribution in [3.05, 3.63) is 42.5 Å². The Morgan fingerprint density at radius 2 is 1.73 bits per heavy atom. The molecule has 2 aromatic rings. The summed E-state index contributed by atoms with van der Waals surface area (Å²) in [5, 5.41) is 5.30. The standard InChI is InChI=1S/C18H25N3O/c1-4-21(5-2)13-12-19-18(22)20(3)17-11-10-15-8-6-7-9-16(15)14-17/h6-11,14H,4-5,12-13H2,1-3H3,(H,19,22). The predicted molar refractivity (Wildman–Crippen MR) is 93.5 cm³/mol. The monoisotopic (exact) mass is 299 g/mol. The van der Waals surface area contributed by atoms with Crippen LogP contribution in [0.3, 0.4) is 0 Å². The summed E-state index contributed by atoms with van der Waals surface area (Å²) in [6.07, 6.45) is 0. The normalized spacial score (nSPS) is 10.9. The van der Waals surface area contributed by atoms with E-state index in [1.54, 1.807) is 11.9 Å². The molecule has 2 amide bonds. The molecule has 0 fully saturated rings. The predicted octanol–water partition coefficient (Wildman–Crippen LogP) is 3.33. The van der Waals surface area contributed by atoms with Gasteiger partial charge in [0.25, 0.3) is 0 Å². The number of carbonyl (C=O) groups excluding carboxylic acids is 1. The lowest BCUT2D eigenvalue weighted by Crippen LogP contribution is -2.41. The zero-order chi connectivity index (χ0) is 15.9. The van der Waals surface area contributed by atoms with Gasteiger partial charge in [0.15, 0.2) is 0 Å². The van der Waals surface area contributed by atoms with Crippen LogP contribution in [0.1, 0.15) is 13.8 Å². The molecule has 0 atom stereocenters. The highest BCUT2D eigenvalue weighted by molar-refractivity contribution is 5.95. The van der Waals surface area contributed by atoms with Crippen molar-refractivity contribution >= 4 is 22.5 Å². The molecular weight excluding hydrogens is 274 g/mol. The molecule has 4 heteroatoms. The molecule has 0 saturated heterocycles. The van der Waals surface area contributed by atoms with Crippen molar-refractivity contribution in [1.82, 2.24) is 10.2 Å².